The summed E-state index contributed by atoms with van der Waals surface area (Å²) in [6.07, 6.45) is 1.55. The molecule has 0 aliphatic carbocycles. The fourth-order valence-corrected chi connectivity index (χ4v) is 3.03. The Balaban J connectivity index is 1.68. The average Bonchev–Trinajstić information content (AvgIpc) is 3.28. The highest BCUT2D eigenvalue weighted by Gasteiger charge is 2.25. The Morgan fingerprint density at radius 3 is 2.24 bits per heavy atom. The minimum absolute atomic E-state index is 0.331. The quantitative estimate of drug-likeness (QED) is 0.541. The van der Waals surface area contributed by atoms with Gasteiger partial charge in [0.15, 0.2) is 11.5 Å². The smallest absolute Gasteiger partial charge is 0.203 e. The van der Waals surface area contributed by atoms with Crippen LogP contribution in [0.2, 0.25) is 0 Å². The molecular formula is C23H27NO5. The average molecular weight is 397 g/mol. The van der Waals surface area contributed by atoms with Crippen molar-refractivity contribution in [1.29, 1.82) is 0 Å². The van der Waals surface area contributed by atoms with Crippen molar-refractivity contribution < 1.29 is 23.7 Å². The van der Waals surface area contributed by atoms with Crippen molar-refractivity contribution in [2.24, 2.45) is 0 Å². The third kappa shape index (κ3) is 5.31. The summed E-state index contributed by atoms with van der Waals surface area (Å²) in [4.78, 5) is 0. The first-order valence-electron chi connectivity index (χ1n) is 9.42. The zero-order valence-corrected chi connectivity index (χ0v) is 17.0. The molecule has 0 aliphatic heterocycles. The zero-order chi connectivity index (χ0) is 20.7. The second-order valence-electron chi connectivity index (χ2n) is 6.96. The van der Waals surface area contributed by atoms with Crippen LogP contribution >= 0.6 is 0 Å². The first-order chi connectivity index (χ1) is 14.0. The molecule has 0 bridgehead atoms. The number of hydrogen-bond acceptors (Lipinski definition) is 6. The number of benzene rings is 2. The van der Waals surface area contributed by atoms with E-state index < -0.39 is 5.60 Å². The van der Waals surface area contributed by atoms with E-state index in [2.05, 4.69) is 5.32 Å². The second kappa shape index (κ2) is 9.49. The van der Waals surface area contributed by atoms with E-state index in [1.54, 1.807) is 39.5 Å². The number of methoxy groups -OCH3 is 2. The van der Waals surface area contributed by atoms with Crippen molar-refractivity contribution in [3.05, 3.63) is 77.7 Å². The van der Waals surface area contributed by atoms with E-state index in [1.165, 1.54) is 0 Å². The van der Waals surface area contributed by atoms with E-state index in [4.69, 9.17) is 18.6 Å². The minimum atomic E-state index is -1.10. The van der Waals surface area contributed by atoms with E-state index >= 15 is 0 Å². The maximum atomic E-state index is 10.6. The Kier molecular flexibility index (Phi) is 6.80. The molecule has 154 valence electrons. The third-order valence-corrected chi connectivity index (χ3v) is 4.60. The van der Waals surface area contributed by atoms with Crippen molar-refractivity contribution in [1.82, 2.24) is 5.32 Å². The van der Waals surface area contributed by atoms with Gasteiger partial charge in [-0.15, -0.1) is 0 Å². The molecule has 3 aromatic rings. The molecule has 1 unspecified atom stereocenters. The van der Waals surface area contributed by atoms with Gasteiger partial charge in [-0.05, 0) is 42.3 Å². The van der Waals surface area contributed by atoms with E-state index in [0.29, 0.717) is 42.7 Å². The topological polar surface area (TPSA) is 73.1 Å². The Hall–Kier alpha value is -2.96. The van der Waals surface area contributed by atoms with Crippen molar-refractivity contribution in [3.8, 4) is 17.2 Å². The van der Waals surface area contributed by atoms with Crippen molar-refractivity contribution in [3.63, 3.8) is 0 Å². The lowest BCUT2D eigenvalue weighted by Gasteiger charge is -2.22. The lowest BCUT2D eigenvalue weighted by atomic mass is 10.0. The van der Waals surface area contributed by atoms with Crippen molar-refractivity contribution in [2.75, 3.05) is 20.8 Å². The maximum Gasteiger partial charge on any atom is 0.203 e. The van der Waals surface area contributed by atoms with Gasteiger partial charge in [0.2, 0.25) is 5.75 Å². The van der Waals surface area contributed by atoms with Crippen LogP contribution in [0, 0.1) is 0 Å². The molecule has 0 saturated carbocycles. The summed E-state index contributed by atoms with van der Waals surface area (Å²) >= 11 is 0. The predicted molar refractivity (Wildman–Crippen MR) is 110 cm³/mol. The number of aliphatic hydroxyl groups is 1. The normalized spacial score (nSPS) is 13.0. The Labute approximate surface area is 171 Å². The van der Waals surface area contributed by atoms with Crippen LogP contribution in [-0.2, 0) is 18.8 Å². The fraction of sp³-hybridized carbons (Fsp3) is 0.304. The molecule has 0 amide bonds. The molecule has 1 heterocycles. The standard InChI is InChI=1S/C23H27NO5/c1-23(25,21-10-7-11-28-21)16-24-14-18-12-19(26-2)22(20(13-18)27-3)29-15-17-8-5-4-6-9-17/h4-13,24-25H,14-16H2,1-3H3. The van der Waals surface area contributed by atoms with Crippen LogP contribution in [0.3, 0.4) is 0 Å². The largest absolute Gasteiger partial charge is 0.493 e. The SMILES string of the molecule is COc1cc(CNCC(C)(O)c2ccco2)cc(OC)c1OCc1ccccc1. The van der Waals surface area contributed by atoms with Gasteiger partial charge in [-0.25, -0.2) is 0 Å². The number of rotatable bonds is 10. The first-order valence-corrected chi connectivity index (χ1v) is 9.42. The highest BCUT2D eigenvalue weighted by Crippen LogP contribution is 2.39. The molecule has 2 N–H and O–H groups in total. The zero-order valence-electron chi connectivity index (χ0n) is 17.0. The summed E-state index contributed by atoms with van der Waals surface area (Å²) in [6, 6.07) is 17.2. The molecule has 1 atom stereocenters. The van der Waals surface area contributed by atoms with Crippen LogP contribution in [0.25, 0.3) is 0 Å². The van der Waals surface area contributed by atoms with Crippen LogP contribution in [0.5, 0.6) is 17.2 Å². The molecular weight excluding hydrogens is 370 g/mol. The summed E-state index contributed by atoms with van der Waals surface area (Å²) < 4.78 is 22.3. The van der Waals surface area contributed by atoms with Gasteiger partial charge >= 0.3 is 0 Å². The van der Waals surface area contributed by atoms with Gasteiger partial charge in [-0.3, -0.25) is 0 Å². The second-order valence-corrected chi connectivity index (χ2v) is 6.96. The Bertz CT molecular complexity index is 866. The minimum Gasteiger partial charge on any atom is -0.493 e. The van der Waals surface area contributed by atoms with E-state index in [-0.39, 0.29) is 0 Å². The molecule has 3 rings (SSSR count). The van der Waals surface area contributed by atoms with Gasteiger partial charge in [0, 0.05) is 13.1 Å². The summed E-state index contributed by atoms with van der Waals surface area (Å²) in [7, 11) is 3.20. The third-order valence-electron chi connectivity index (χ3n) is 4.60. The molecule has 0 spiro atoms. The summed E-state index contributed by atoms with van der Waals surface area (Å²) in [6.45, 7) is 2.97. The number of hydrogen-bond donors (Lipinski definition) is 2. The monoisotopic (exact) mass is 397 g/mol. The van der Waals surface area contributed by atoms with Gasteiger partial charge < -0.3 is 29.1 Å². The van der Waals surface area contributed by atoms with Gasteiger partial charge in [0.05, 0.1) is 20.5 Å². The molecule has 0 fully saturated rings. The molecule has 2 aromatic carbocycles. The van der Waals surface area contributed by atoms with Crippen LogP contribution in [0.4, 0.5) is 0 Å². The van der Waals surface area contributed by atoms with Gasteiger partial charge in [-0.1, -0.05) is 30.3 Å². The molecule has 0 radical (unpaired) electrons. The highest BCUT2D eigenvalue weighted by molar-refractivity contribution is 5.54. The van der Waals surface area contributed by atoms with Crippen LogP contribution in [-0.4, -0.2) is 25.9 Å². The van der Waals surface area contributed by atoms with Crippen LogP contribution in [0.1, 0.15) is 23.8 Å². The lowest BCUT2D eigenvalue weighted by Crippen LogP contribution is -2.34. The summed E-state index contributed by atoms with van der Waals surface area (Å²) in [5.74, 6) is 2.26. The van der Waals surface area contributed by atoms with E-state index in [1.807, 2.05) is 42.5 Å². The summed E-state index contributed by atoms with van der Waals surface area (Å²) in [5, 5.41) is 13.8. The van der Waals surface area contributed by atoms with Crippen molar-refractivity contribution >= 4 is 0 Å². The predicted octanol–water partition coefficient (Wildman–Crippen LogP) is 3.87. The van der Waals surface area contributed by atoms with E-state index in [0.717, 1.165) is 11.1 Å². The molecule has 6 nitrogen and oxygen atoms in total. The van der Waals surface area contributed by atoms with Crippen LogP contribution in [0.15, 0.2) is 65.3 Å². The number of nitrogens with one attached hydrogen (secondary N) is 1. The van der Waals surface area contributed by atoms with Gasteiger partial charge in [0.1, 0.15) is 18.0 Å². The molecule has 29 heavy (non-hydrogen) atoms. The Morgan fingerprint density at radius 1 is 0.966 bits per heavy atom. The first kappa shape index (κ1) is 20.8. The summed E-state index contributed by atoms with van der Waals surface area (Å²) in [5.41, 5.74) is 0.902. The van der Waals surface area contributed by atoms with E-state index in [9.17, 15) is 5.11 Å². The highest BCUT2D eigenvalue weighted by atomic mass is 16.5. The lowest BCUT2D eigenvalue weighted by molar-refractivity contribution is 0.0340. The van der Waals surface area contributed by atoms with Gasteiger partial charge in [-0.2, -0.15) is 0 Å². The number of furan rings is 1. The maximum absolute atomic E-state index is 10.6. The molecule has 6 heteroatoms. The van der Waals surface area contributed by atoms with Crippen LogP contribution < -0.4 is 19.5 Å². The molecule has 0 saturated heterocycles. The fourth-order valence-electron chi connectivity index (χ4n) is 3.03. The Morgan fingerprint density at radius 2 is 1.66 bits per heavy atom. The number of ether oxygens (including phenoxy) is 3. The van der Waals surface area contributed by atoms with Gasteiger partial charge in [0.25, 0.3) is 0 Å². The molecule has 0 aliphatic rings. The molecule has 1 aromatic heterocycles. The van der Waals surface area contributed by atoms with Crippen molar-refractivity contribution in [2.45, 2.75) is 25.7 Å².